The van der Waals surface area contributed by atoms with E-state index in [2.05, 4.69) is 109 Å². The molecule has 0 radical (unpaired) electrons. The van der Waals surface area contributed by atoms with E-state index in [1.165, 1.54) is 21.2 Å². The topological polar surface area (TPSA) is 106 Å². The molecule has 326 valence electrons. The fourth-order valence-corrected chi connectivity index (χ4v) is 13.5. The van der Waals surface area contributed by atoms with Crippen LogP contribution in [0.5, 0.6) is 23.0 Å². The Hall–Kier alpha value is -5.39. The predicted octanol–water partition coefficient (Wildman–Crippen LogP) is 9.12. The summed E-state index contributed by atoms with van der Waals surface area (Å²) in [4.78, 5) is 15.5. The van der Waals surface area contributed by atoms with Crippen molar-refractivity contribution in [3.63, 3.8) is 0 Å². The quantitative estimate of drug-likeness (QED) is 0.0757. The molecular formula is C53H46Cl2N2O5P2Ru+4. The van der Waals surface area contributed by atoms with Gasteiger partial charge in [-0.2, -0.15) is 0 Å². The number of halogens is 2. The molecule has 2 heterocycles. The molecule has 0 spiro atoms. The molecule has 0 aromatic heterocycles. The van der Waals surface area contributed by atoms with Crippen LogP contribution < -0.4 is 62.2 Å². The van der Waals surface area contributed by atoms with Gasteiger partial charge in [-0.1, -0.05) is 133 Å². The number of carbonyl (C=O) groups is 1. The van der Waals surface area contributed by atoms with Crippen LogP contribution in [0.3, 0.4) is 0 Å². The SMILES string of the molecule is NC(c1ccccc1)C(N)c1ccccc1.O=C(c1c([PH+](c2ccccc2)c2ccccc2)ccc2c1OCO2)c1c([PH+](c2ccccc2)c2ccccc2)ccc2c1OCO2.[Cl][Ru+2][Cl]. The number of benzene rings is 8. The molecule has 4 N–H and O–H groups in total. The Morgan fingerprint density at radius 2 is 0.708 bits per heavy atom. The van der Waals surface area contributed by atoms with E-state index >= 15 is 4.79 Å². The first kappa shape index (κ1) is 46.2. The average Bonchev–Trinajstić information content (AvgIpc) is 4.06. The fraction of sp³-hybridized carbons (Fsp3) is 0.0755. The minimum absolute atomic E-state index is 0.0558. The minimum atomic E-state index is -1.65. The molecule has 2 unspecified atom stereocenters. The van der Waals surface area contributed by atoms with E-state index in [1.54, 1.807) is 0 Å². The van der Waals surface area contributed by atoms with Gasteiger partial charge < -0.3 is 30.4 Å². The van der Waals surface area contributed by atoms with Crippen molar-refractivity contribution < 1.29 is 38.9 Å². The van der Waals surface area contributed by atoms with E-state index in [1.807, 2.05) is 97.1 Å². The van der Waals surface area contributed by atoms with Gasteiger partial charge in [0, 0.05) is 12.1 Å². The molecule has 0 aliphatic carbocycles. The summed E-state index contributed by atoms with van der Waals surface area (Å²) in [5, 5.41) is 6.55. The van der Waals surface area contributed by atoms with Crippen LogP contribution in [0.4, 0.5) is 0 Å². The van der Waals surface area contributed by atoms with Crippen LogP contribution in [-0.4, -0.2) is 19.4 Å². The first-order valence-corrected chi connectivity index (χ1v) is 28.3. The van der Waals surface area contributed by atoms with Crippen molar-refractivity contribution in [2.45, 2.75) is 12.1 Å². The molecule has 12 heteroatoms. The van der Waals surface area contributed by atoms with Gasteiger partial charge in [-0.15, -0.1) is 0 Å². The van der Waals surface area contributed by atoms with Gasteiger partial charge in [-0.25, -0.2) is 0 Å². The summed E-state index contributed by atoms with van der Waals surface area (Å²) in [7, 11) is 6.41. The standard InChI is InChI=1S/C39H28O5P2.C14H16N2.2ClH.Ru/c40-37(35-33(23-21-31-38(35)43-25-41-31)45(27-13-5-1-6-14-27)28-15-7-2-8-16-28)36-34(24-22-32-39(36)44-26-42-32)46(29-17-9-3-10-18-29)30-19-11-4-12-20-30;15-13(11-7-3-1-4-8-11)14(16)12-9-5-2-6-10-12;;;/h1-24H,25-26H2;1-10,13-14H,15-16H2;2*1H;/q;;;;+4. The molecule has 10 rings (SSSR count). The summed E-state index contributed by atoms with van der Waals surface area (Å²) in [6.07, 6.45) is 0. The molecule has 8 aromatic carbocycles. The molecule has 0 saturated carbocycles. The number of carbonyl (C=O) groups excluding carboxylic acids is 1. The van der Waals surface area contributed by atoms with Crippen LogP contribution in [0.1, 0.15) is 39.1 Å². The molecule has 2 aliphatic heterocycles. The number of nitrogens with two attached hydrogens (primary N) is 2. The predicted molar refractivity (Wildman–Crippen MR) is 267 cm³/mol. The Labute approximate surface area is 397 Å². The van der Waals surface area contributed by atoms with E-state index in [4.69, 9.17) is 49.8 Å². The van der Waals surface area contributed by atoms with Crippen LogP contribution >= 0.6 is 35.2 Å². The number of hydrogen-bond acceptors (Lipinski definition) is 7. The van der Waals surface area contributed by atoms with E-state index in [-0.39, 0.29) is 46.6 Å². The molecular weight excluding hydrogens is 979 g/mol. The van der Waals surface area contributed by atoms with Gasteiger partial charge in [-0.05, 0) is 83.9 Å². The van der Waals surface area contributed by atoms with Crippen molar-refractivity contribution >= 4 is 72.8 Å². The molecule has 0 saturated heterocycles. The van der Waals surface area contributed by atoms with E-state index in [9.17, 15) is 0 Å². The number of fused-ring (bicyclic) bond motifs is 2. The Kier molecular flexibility index (Phi) is 16.1. The second-order valence-corrected chi connectivity index (χ2v) is 22.4. The third-order valence-corrected chi connectivity index (χ3v) is 16.6. The normalized spacial score (nSPS) is 13.0. The Morgan fingerprint density at radius 1 is 0.431 bits per heavy atom. The van der Waals surface area contributed by atoms with Gasteiger partial charge in [0.15, 0.2) is 23.0 Å². The van der Waals surface area contributed by atoms with Gasteiger partial charge in [0.1, 0.15) is 43.0 Å². The molecule has 2 atom stereocenters. The Bertz CT molecular complexity index is 2520. The van der Waals surface area contributed by atoms with Crippen molar-refractivity contribution in [1.29, 1.82) is 0 Å². The summed E-state index contributed by atoms with van der Waals surface area (Å²) in [5.41, 5.74) is 15.5. The number of hydrogen-bond donors (Lipinski definition) is 2. The average molecular weight is 1020 g/mol. The molecule has 65 heavy (non-hydrogen) atoms. The first-order chi connectivity index (χ1) is 32.0. The zero-order valence-electron chi connectivity index (χ0n) is 35.0. The first-order valence-electron chi connectivity index (χ1n) is 20.8. The van der Waals surface area contributed by atoms with E-state index in [0.29, 0.717) is 34.1 Å². The van der Waals surface area contributed by atoms with Crippen LogP contribution in [0.15, 0.2) is 206 Å². The third kappa shape index (κ3) is 10.7. The molecule has 7 nitrogen and oxygen atoms in total. The molecule has 2 aliphatic rings. The number of ketones is 1. The molecule has 8 aromatic rings. The maximum atomic E-state index is 15.5. The molecule has 0 fully saturated rings. The summed E-state index contributed by atoms with van der Waals surface area (Å²) in [6.45, 7) is 0.112. The summed E-state index contributed by atoms with van der Waals surface area (Å²) >= 11 is -0.346. The fourth-order valence-electron chi connectivity index (χ4n) is 8.08. The summed E-state index contributed by atoms with van der Waals surface area (Å²) in [6, 6.07) is 69.2. The van der Waals surface area contributed by atoms with Crippen molar-refractivity contribution in [3.05, 3.63) is 229 Å². The van der Waals surface area contributed by atoms with E-state index in [0.717, 1.165) is 21.7 Å². The summed E-state index contributed by atoms with van der Waals surface area (Å²) in [5.74, 6) is 1.94. The molecule has 0 amide bonds. The van der Waals surface area contributed by atoms with Crippen molar-refractivity contribution in [3.8, 4) is 23.0 Å². The van der Waals surface area contributed by atoms with Gasteiger partial charge in [0.25, 0.3) is 0 Å². The van der Waals surface area contributed by atoms with Gasteiger partial charge in [0.05, 0.1) is 15.8 Å². The van der Waals surface area contributed by atoms with Crippen LogP contribution in [0, 0.1) is 0 Å². The number of ether oxygens (including phenoxy) is 4. The Balaban J connectivity index is 0.000000253. The van der Waals surface area contributed by atoms with Crippen LogP contribution in [0.2, 0.25) is 0 Å². The van der Waals surface area contributed by atoms with E-state index < -0.39 is 15.8 Å². The van der Waals surface area contributed by atoms with Crippen molar-refractivity contribution in [2.24, 2.45) is 11.5 Å². The monoisotopic (exact) mass is 1020 g/mol. The third-order valence-electron chi connectivity index (χ3n) is 11.1. The van der Waals surface area contributed by atoms with Crippen molar-refractivity contribution in [1.82, 2.24) is 0 Å². The van der Waals surface area contributed by atoms with Gasteiger partial charge >= 0.3 is 34.5 Å². The second-order valence-electron chi connectivity index (χ2n) is 14.9. The second kappa shape index (κ2) is 22.7. The van der Waals surface area contributed by atoms with Crippen molar-refractivity contribution in [2.75, 3.05) is 13.6 Å². The van der Waals surface area contributed by atoms with Gasteiger partial charge in [-0.3, -0.25) is 4.79 Å². The van der Waals surface area contributed by atoms with Crippen LogP contribution in [0.25, 0.3) is 0 Å². The summed E-state index contributed by atoms with van der Waals surface area (Å²) < 4.78 is 24.0. The van der Waals surface area contributed by atoms with Crippen LogP contribution in [-0.2, 0) is 15.1 Å². The maximum absolute atomic E-state index is 15.5. The Morgan fingerprint density at radius 3 is 1.00 bits per heavy atom. The van der Waals surface area contributed by atoms with Gasteiger partial charge in [0.2, 0.25) is 19.4 Å². The molecule has 0 bridgehead atoms. The zero-order valence-corrected chi connectivity index (χ0v) is 40.3. The number of rotatable bonds is 11. The zero-order chi connectivity index (χ0) is 45.0.